The Labute approximate surface area is 328 Å². The summed E-state index contributed by atoms with van der Waals surface area (Å²) in [7, 11) is 0. The molecule has 2 heterocycles. The Morgan fingerprint density at radius 3 is 2.35 bits per heavy atom. The Kier molecular flexibility index (Phi) is 15.0. The van der Waals surface area contributed by atoms with Gasteiger partial charge in [0.25, 0.3) is 0 Å². The molecule has 0 aliphatic carbocycles. The van der Waals surface area contributed by atoms with Crippen LogP contribution in [0.3, 0.4) is 0 Å². The Morgan fingerprint density at radius 1 is 1.04 bits per heavy atom. The van der Waals surface area contributed by atoms with E-state index < -0.39 is 29.6 Å². The number of amides is 2. The lowest BCUT2D eigenvalue weighted by molar-refractivity contribution is -0.126. The molecule has 0 saturated carbocycles. The zero-order chi connectivity index (χ0) is 40.1. The number of hydrogen-bond acceptors (Lipinski definition) is 13. The van der Waals surface area contributed by atoms with Crippen LogP contribution in [0.5, 0.6) is 5.75 Å². The second-order valence-electron chi connectivity index (χ2n) is 13.4. The number of carbonyl (C=O) groups excluding carboxylic acids is 3. The smallest absolute Gasteiger partial charge is 0.408 e. The normalized spacial score (nSPS) is 12.7. The van der Waals surface area contributed by atoms with Crippen molar-refractivity contribution in [1.82, 2.24) is 20.6 Å². The molecule has 4 N–H and O–H groups in total. The number of benzene rings is 2. The van der Waals surface area contributed by atoms with Crippen molar-refractivity contribution < 1.29 is 33.0 Å². The minimum atomic E-state index is -1.08. The summed E-state index contributed by atoms with van der Waals surface area (Å²) in [4.78, 5) is 45.1. The van der Waals surface area contributed by atoms with Gasteiger partial charge in [-0.2, -0.15) is 10.5 Å². The lowest BCUT2D eigenvalue weighted by atomic mass is 9.97. The topological polar surface area (TPSA) is 215 Å². The number of nitrogens with one attached hydrogen (secondary N) is 2. The van der Waals surface area contributed by atoms with Crippen LogP contribution in [0.4, 0.5) is 10.6 Å². The van der Waals surface area contributed by atoms with Crippen LogP contribution in [0, 0.1) is 28.6 Å². The van der Waals surface area contributed by atoms with Crippen LogP contribution < -0.4 is 21.1 Å². The van der Waals surface area contributed by atoms with Crippen molar-refractivity contribution in [3.8, 4) is 40.5 Å². The van der Waals surface area contributed by atoms with Gasteiger partial charge in [-0.1, -0.05) is 42.4 Å². The fourth-order valence-electron chi connectivity index (χ4n) is 5.09. The van der Waals surface area contributed by atoms with Gasteiger partial charge in [-0.15, -0.1) is 0 Å². The predicted octanol–water partition coefficient (Wildman–Crippen LogP) is 6.69. The fourth-order valence-corrected chi connectivity index (χ4v) is 6.09. The van der Waals surface area contributed by atoms with Crippen LogP contribution >= 0.6 is 23.4 Å². The molecule has 0 spiro atoms. The number of halogens is 1. The third kappa shape index (κ3) is 12.2. The summed E-state index contributed by atoms with van der Waals surface area (Å²) in [6.45, 7) is 9.30. The maximum Gasteiger partial charge on any atom is 0.408 e. The number of aldehydes is 1. The minimum Gasteiger partial charge on any atom is -0.488 e. The van der Waals surface area contributed by atoms with Gasteiger partial charge in [0, 0.05) is 41.0 Å². The maximum absolute atomic E-state index is 12.7. The number of ether oxygens (including phenoxy) is 3. The van der Waals surface area contributed by atoms with Crippen LogP contribution in [-0.4, -0.2) is 65.8 Å². The first kappa shape index (κ1) is 42.1. The summed E-state index contributed by atoms with van der Waals surface area (Å²) in [5.41, 5.74) is 8.09. The molecule has 16 heteroatoms. The number of alkyl carbamates (subject to hydrolysis) is 1. The van der Waals surface area contributed by atoms with Gasteiger partial charge in [0.1, 0.15) is 64.6 Å². The quantitative estimate of drug-likeness (QED) is 0.0578. The van der Waals surface area contributed by atoms with Crippen molar-refractivity contribution in [3.05, 3.63) is 76.6 Å². The summed E-state index contributed by atoms with van der Waals surface area (Å²) < 4.78 is 22.6. The molecule has 14 nitrogen and oxygen atoms in total. The summed E-state index contributed by atoms with van der Waals surface area (Å²) >= 11 is 7.24. The molecule has 0 bridgehead atoms. The van der Waals surface area contributed by atoms with Gasteiger partial charge < -0.3 is 39.8 Å². The van der Waals surface area contributed by atoms with E-state index in [0.29, 0.717) is 63.6 Å². The van der Waals surface area contributed by atoms with Crippen LogP contribution in [0.25, 0.3) is 22.6 Å². The predicted molar refractivity (Wildman–Crippen MR) is 207 cm³/mol. The number of pyridine rings is 1. The number of carbonyl (C=O) groups is 3. The van der Waals surface area contributed by atoms with E-state index in [0.717, 1.165) is 5.56 Å². The van der Waals surface area contributed by atoms with Crippen LogP contribution in [0.15, 0.2) is 64.2 Å². The molecule has 4 aromatic rings. The van der Waals surface area contributed by atoms with Gasteiger partial charge in [0.15, 0.2) is 0 Å². The third-order valence-corrected chi connectivity index (χ3v) is 8.97. The largest absolute Gasteiger partial charge is 0.488 e. The molecule has 0 aliphatic heterocycles. The molecule has 0 saturated heterocycles. The molecule has 0 radical (unpaired) electrons. The Hall–Kier alpha value is -5.61. The van der Waals surface area contributed by atoms with Crippen molar-refractivity contribution in [3.63, 3.8) is 0 Å². The van der Waals surface area contributed by atoms with Crippen molar-refractivity contribution >= 4 is 47.5 Å². The highest BCUT2D eigenvalue weighted by Crippen LogP contribution is 2.37. The second kappa shape index (κ2) is 19.6. The first-order chi connectivity index (χ1) is 26.2. The van der Waals surface area contributed by atoms with Crippen LogP contribution in [-0.2, 0) is 24.8 Å². The number of nitrogen functional groups attached to an aromatic ring is 1. The number of thioether (sulfide) groups is 1. The summed E-state index contributed by atoms with van der Waals surface area (Å²) in [6, 6.07) is 17.2. The number of rotatable bonds is 17. The number of oxazole rings is 1. The molecule has 288 valence electrons. The first-order valence-corrected chi connectivity index (χ1v) is 18.6. The number of anilines is 1. The molecule has 4 rings (SSSR count). The minimum absolute atomic E-state index is 0.000486. The summed E-state index contributed by atoms with van der Waals surface area (Å²) in [6.07, 6.45) is 1.48. The van der Waals surface area contributed by atoms with Crippen molar-refractivity contribution in [2.75, 3.05) is 25.5 Å². The number of nitrogens with two attached hydrogens (primary N) is 1. The van der Waals surface area contributed by atoms with Crippen molar-refractivity contribution in [1.29, 1.82) is 10.5 Å². The molecular formula is C39H42ClN7O7S. The van der Waals surface area contributed by atoms with Gasteiger partial charge in [0.05, 0.1) is 17.9 Å². The lowest BCUT2D eigenvalue weighted by Crippen LogP contribution is -2.52. The first-order valence-electron chi connectivity index (χ1n) is 17.3. The molecule has 2 aromatic carbocycles. The third-order valence-electron chi connectivity index (χ3n) is 7.71. The van der Waals surface area contributed by atoms with Gasteiger partial charge in [-0.3, -0.25) is 4.79 Å². The van der Waals surface area contributed by atoms with E-state index in [1.54, 1.807) is 69.3 Å². The number of aromatic nitrogens is 2. The van der Waals surface area contributed by atoms with E-state index in [1.165, 1.54) is 24.9 Å². The van der Waals surface area contributed by atoms with E-state index in [2.05, 4.69) is 32.7 Å². The standard InChI is InChI=1S/C39H42ClN7O7S/c1-23(19-48)33(46-38(50)54-39(3,4)5)35(49)44-15-6-16-51-20-24(2)53-29-13-9-25(10-14-29)32-30(17-41)34(43)47-37(31(32)18-42)55-22-28-21-52-36(45-28)26-7-11-27(40)12-8-26/h7-14,19,21,23-24,33H,6,15-16,20,22H2,1-5H3,(H2,43,47)(H,44,49)(H,46,50)/t23?,24?,33-/m0/s1. The lowest BCUT2D eigenvalue weighted by Gasteiger charge is -2.24. The zero-order valence-electron chi connectivity index (χ0n) is 31.1. The molecule has 0 fully saturated rings. The molecule has 0 aliphatic rings. The average molecular weight is 788 g/mol. The summed E-state index contributed by atoms with van der Waals surface area (Å²) in [5.74, 6) is 0.0337. The summed E-state index contributed by atoms with van der Waals surface area (Å²) in [5, 5.41) is 26.3. The zero-order valence-corrected chi connectivity index (χ0v) is 32.6. The fraction of sp³-hybridized carbons (Fsp3) is 0.359. The van der Waals surface area contributed by atoms with Gasteiger partial charge in [-0.25, -0.2) is 14.8 Å². The molecular weight excluding hydrogens is 746 g/mol. The second-order valence-corrected chi connectivity index (χ2v) is 14.8. The van der Waals surface area contributed by atoms with Gasteiger partial charge in [0.2, 0.25) is 11.8 Å². The van der Waals surface area contributed by atoms with Gasteiger partial charge >= 0.3 is 6.09 Å². The molecule has 55 heavy (non-hydrogen) atoms. The van der Waals surface area contributed by atoms with Crippen molar-refractivity contribution in [2.45, 2.75) is 69.6 Å². The van der Waals surface area contributed by atoms with E-state index in [1.807, 2.05) is 6.92 Å². The number of nitrogens with zero attached hydrogens (tertiary/aromatic N) is 4. The van der Waals surface area contributed by atoms with E-state index >= 15 is 0 Å². The molecule has 2 unspecified atom stereocenters. The molecule has 2 aromatic heterocycles. The SMILES string of the molecule is CC(COCCCNC(=O)[C@@H](NC(=O)OC(C)(C)C)C(C)C=O)Oc1ccc(-c2c(C#N)c(N)nc(SCc3coc(-c4ccc(Cl)cc4)n3)c2C#N)cc1. The Morgan fingerprint density at radius 2 is 1.71 bits per heavy atom. The Balaban J connectivity index is 1.30. The van der Waals surface area contributed by atoms with Crippen LogP contribution in [0.2, 0.25) is 5.02 Å². The van der Waals surface area contributed by atoms with E-state index in [4.69, 9.17) is 36.0 Å². The highest BCUT2D eigenvalue weighted by molar-refractivity contribution is 7.98. The molecule has 3 atom stereocenters. The van der Waals surface area contributed by atoms with Crippen LogP contribution in [0.1, 0.15) is 57.9 Å². The maximum atomic E-state index is 12.7. The Bertz CT molecular complexity index is 2040. The highest BCUT2D eigenvalue weighted by atomic mass is 35.5. The number of hydrogen-bond donors (Lipinski definition) is 3. The monoisotopic (exact) mass is 787 g/mol. The van der Waals surface area contributed by atoms with E-state index in [9.17, 15) is 24.9 Å². The number of nitriles is 2. The van der Waals surface area contributed by atoms with E-state index in [-0.39, 0.29) is 36.2 Å². The van der Waals surface area contributed by atoms with Crippen molar-refractivity contribution in [2.24, 2.45) is 5.92 Å². The highest BCUT2D eigenvalue weighted by Gasteiger charge is 2.29. The van der Waals surface area contributed by atoms with Gasteiger partial charge in [-0.05, 0) is 76.1 Å². The molecule has 2 amide bonds. The average Bonchev–Trinajstić information content (AvgIpc) is 3.62.